The van der Waals surface area contributed by atoms with E-state index in [1.807, 2.05) is 0 Å². The first-order valence-electron chi connectivity index (χ1n) is 24.7. The van der Waals surface area contributed by atoms with E-state index in [0.717, 1.165) is 19.5 Å². The fourth-order valence-electron chi connectivity index (χ4n) is 10.5. The summed E-state index contributed by atoms with van der Waals surface area (Å²) in [6.07, 6.45) is 10.8. The molecular formula is C55H78B2GeN6. The van der Waals surface area contributed by atoms with Crippen LogP contribution >= 0.6 is 0 Å². The summed E-state index contributed by atoms with van der Waals surface area (Å²) >= 11 is -0.911. The van der Waals surface area contributed by atoms with Crippen LogP contribution in [-0.2, 0) is 0 Å². The molecule has 0 aromatic heterocycles. The minimum atomic E-state index is -0.911. The molecule has 4 aromatic carbocycles. The average Bonchev–Trinajstić information content (AvgIpc) is 3.90. The van der Waals surface area contributed by atoms with Crippen LogP contribution in [0.5, 0.6) is 0 Å². The molecule has 2 radical (unpaired) electrons. The van der Waals surface area contributed by atoms with Crippen molar-refractivity contribution in [3.8, 4) is 0 Å². The Balaban J connectivity index is 1.44. The first kappa shape index (κ1) is 48.1. The van der Waals surface area contributed by atoms with Gasteiger partial charge >= 0.3 is 399 Å². The summed E-state index contributed by atoms with van der Waals surface area (Å²) in [7, 11) is -0.00516. The van der Waals surface area contributed by atoms with Gasteiger partial charge in [-0.2, -0.15) is 0 Å². The predicted molar refractivity (Wildman–Crippen MR) is 282 cm³/mol. The monoisotopic (exact) mass is 919 g/mol. The quantitative estimate of drug-likeness (QED) is 0.117. The second-order valence-electron chi connectivity index (χ2n) is 21.1. The molecule has 0 amide bonds. The van der Waals surface area contributed by atoms with Crippen molar-refractivity contribution in [1.82, 2.24) is 7.54 Å². The molecule has 0 spiro atoms. The van der Waals surface area contributed by atoms with E-state index in [1.165, 1.54) is 67.3 Å². The van der Waals surface area contributed by atoms with E-state index in [1.54, 1.807) is 0 Å². The van der Waals surface area contributed by atoms with Gasteiger partial charge in [0.2, 0.25) is 0 Å². The van der Waals surface area contributed by atoms with Crippen LogP contribution in [0, 0.1) is 0 Å². The van der Waals surface area contributed by atoms with Gasteiger partial charge in [0.25, 0.3) is 0 Å². The molecule has 4 aromatic rings. The average molecular weight is 918 g/mol. The Morgan fingerprint density at radius 1 is 0.328 bits per heavy atom. The molecule has 0 atom stereocenters. The zero-order valence-electron chi connectivity index (χ0n) is 42.3. The molecule has 0 aliphatic carbocycles. The van der Waals surface area contributed by atoms with Crippen LogP contribution in [0.1, 0.15) is 209 Å². The second kappa shape index (κ2) is 19.9. The summed E-state index contributed by atoms with van der Waals surface area (Å²) in [6, 6.07) is 28.2. The molecule has 1 saturated heterocycles. The van der Waals surface area contributed by atoms with Crippen molar-refractivity contribution in [2.24, 2.45) is 0 Å². The van der Waals surface area contributed by atoms with E-state index in [4.69, 9.17) is 0 Å². The van der Waals surface area contributed by atoms with E-state index in [9.17, 15) is 0 Å². The number of hydrogen-bond acceptors (Lipinski definition) is 6. The van der Waals surface area contributed by atoms with Gasteiger partial charge in [0.05, 0.1) is 0 Å². The summed E-state index contributed by atoms with van der Waals surface area (Å²) in [6.45, 7) is 40.0. The Labute approximate surface area is 397 Å². The van der Waals surface area contributed by atoms with E-state index in [-0.39, 0.29) is 14.2 Å². The molecule has 0 bridgehead atoms. The van der Waals surface area contributed by atoms with Crippen molar-refractivity contribution in [2.75, 3.05) is 32.3 Å². The summed E-state index contributed by atoms with van der Waals surface area (Å²) in [4.78, 5) is 10.8. The molecule has 3 heterocycles. The van der Waals surface area contributed by atoms with Crippen LogP contribution < -0.4 is 19.2 Å². The Kier molecular flexibility index (Phi) is 15.0. The number of hydrogen-bond donors (Lipinski definition) is 0. The van der Waals surface area contributed by atoms with Crippen molar-refractivity contribution in [1.29, 1.82) is 0 Å². The van der Waals surface area contributed by atoms with Gasteiger partial charge in [-0.3, -0.25) is 0 Å². The molecular weight excluding hydrogens is 839 g/mol. The molecule has 64 heavy (non-hydrogen) atoms. The van der Waals surface area contributed by atoms with Gasteiger partial charge in [-0.15, -0.1) is 0 Å². The van der Waals surface area contributed by atoms with Crippen molar-refractivity contribution in [2.45, 2.75) is 165 Å². The number of para-hydroxylation sites is 4. The Morgan fingerprint density at radius 2 is 0.516 bits per heavy atom. The molecule has 6 nitrogen and oxygen atoms in total. The number of benzene rings is 4. The third-order valence-corrected chi connectivity index (χ3v) is 16.8. The standard InChI is InChI=1S/C55H78B2GeN6/c1-36(2)44-22-17-23-45(37(3)4)52(44)59-32-33-60(53-46(38(5)6)24-18-25-47(53)39(7)8)56(59)63-30-21-31-64(58-63)57-61(54-48(40(9)10)26-19-27-49(54)41(11)12)34-35-62(57)55-50(42(13)14)28-20-29-51(55)43(15)16/h17-20,22-29,32-43H,21,30-31H2,1-16H3. The molecule has 0 N–H and O–H groups in total. The zero-order chi connectivity index (χ0) is 46.3. The number of anilines is 4. The van der Waals surface area contributed by atoms with Crippen molar-refractivity contribution < 1.29 is 0 Å². The summed E-state index contributed by atoms with van der Waals surface area (Å²) in [5.41, 5.74) is 16.9. The van der Waals surface area contributed by atoms with Gasteiger partial charge in [-0.05, 0) is 0 Å². The second-order valence-corrected chi connectivity index (χ2v) is 24.0. The first-order valence-corrected chi connectivity index (χ1v) is 26.6. The van der Waals surface area contributed by atoms with E-state index >= 15 is 0 Å². The van der Waals surface area contributed by atoms with Gasteiger partial charge < -0.3 is 0 Å². The van der Waals surface area contributed by atoms with Crippen molar-refractivity contribution in [3.05, 3.63) is 142 Å². The topological polar surface area (TPSA) is 19.4 Å². The normalized spacial score (nSPS) is 16.6. The van der Waals surface area contributed by atoms with Crippen LogP contribution in [0.2, 0.25) is 0 Å². The number of nitrogens with zero attached hydrogens (tertiary/aromatic N) is 6. The fourth-order valence-corrected chi connectivity index (χ4v) is 13.7. The third-order valence-electron chi connectivity index (χ3n) is 13.8. The maximum absolute atomic E-state index is 2.93. The van der Waals surface area contributed by atoms with Gasteiger partial charge in [-0.1, -0.05) is 0 Å². The molecule has 338 valence electrons. The first-order chi connectivity index (χ1) is 30.4. The summed E-state index contributed by atoms with van der Waals surface area (Å²) in [5.74, 6) is 3.10. The SMILES string of the molecule is CC(C)c1cccc(C(C)C)c1N1C=CN(c2c(C(C)C)cccc2C(C)C)B1[N]1CCC[N](B2N(c3c(C(C)C)cccc3C(C)C)C=CN2c2c(C(C)C)cccc2C(C)C)[Ge]1. The summed E-state index contributed by atoms with van der Waals surface area (Å²) in [5, 5.41) is 0. The molecule has 1 fully saturated rings. The zero-order valence-corrected chi connectivity index (χ0v) is 44.4. The third kappa shape index (κ3) is 9.14. The molecule has 0 saturated carbocycles. The number of rotatable bonds is 14. The molecule has 9 heteroatoms. The molecule has 7 rings (SSSR count). The Morgan fingerprint density at radius 3 is 0.688 bits per heavy atom. The van der Waals surface area contributed by atoms with Crippen LogP contribution in [0.3, 0.4) is 0 Å². The molecule has 0 unspecified atom stereocenters. The fraction of sp³-hybridized carbons (Fsp3) is 0.491. The van der Waals surface area contributed by atoms with Gasteiger partial charge in [0.1, 0.15) is 0 Å². The predicted octanol–water partition coefficient (Wildman–Crippen LogP) is 14.5. The van der Waals surface area contributed by atoms with E-state index in [2.05, 4.69) is 235 Å². The van der Waals surface area contributed by atoms with Gasteiger partial charge in [0, 0.05) is 0 Å². The van der Waals surface area contributed by atoms with Gasteiger partial charge in [0.15, 0.2) is 0 Å². The van der Waals surface area contributed by atoms with Crippen LogP contribution in [0.4, 0.5) is 22.7 Å². The van der Waals surface area contributed by atoms with Crippen molar-refractivity contribution in [3.63, 3.8) is 0 Å². The van der Waals surface area contributed by atoms with Crippen LogP contribution in [0.25, 0.3) is 0 Å². The Hall–Kier alpha value is -3.85. The minimum absolute atomic E-state index is 0.00258. The summed E-state index contributed by atoms with van der Waals surface area (Å²) < 4.78 is 5.85. The van der Waals surface area contributed by atoms with E-state index < -0.39 is 15.9 Å². The van der Waals surface area contributed by atoms with Crippen LogP contribution in [-0.4, -0.2) is 50.7 Å². The van der Waals surface area contributed by atoms with Crippen LogP contribution in [0.15, 0.2) is 97.6 Å². The van der Waals surface area contributed by atoms with E-state index in [0.29, 0.717) is 47.3 Å². The molecule has 3 aliphatic rings. The Bertz CT molecular complexity index is 1900. The maximum atomic E-state index is 2.93. The van der Waals surface area contributed by atoms with Gasteiger partial charge in [-0.25, -0.2) is 0 Å². The molecule has 3 aliphatic heterocycles. The van der Waals surface area contributed by atoms with Crippen molar-refractivity contribution >= 4 is 52.9 Å².